The van der Waals surface area contributed by atoms with Crippen molar-refractivity contribution in [2.75, 3.05) is 27.2 Å². The van der Waals surface area contributed by atoms with Gasteiger partial charge in [0.25, 0.3) is 5.91 Å². The first-order valence-corrected chi connectivity index (χ1v) is 11.9. The van der Waals surface area contributed by atoms with Crippen LogP contribution in [0.15, 0.2) is 78.4 Å². The van der Waals surface area contributed by atoms with Gasteiger partial charge in [0.1, 0.15) is 18.1 Å². The van der Waals surface area contributed by atoms with Crippen molar-refractivity contribution in [2.24, 2.45) is 0 Å². The number of aryl methyl sites for hydroxylation is 1. The number of ether oxygens (including phenoxy) is 1. The number of carbonyl (C=O) groups excluding carboxylic acids is 2. The van der Waals surface area contributed by atoms with Crippen molar-refractivity contribution in [3.8, 4) is 11.5 Å². The first-order valence-electron chi connectivity index (χ1n) is 11.9. The van der Waals surface area contributed by atoms with Gasteiger partial charge in [-0.3, -0.25) is 9.59 Å². The van der Waals surface area contributed by atoms with Gasteiger partial charge in [-0.2, -0.15) is 0 Å². The second-order valence-corrected chi connectivity index (χ2v) is 9.28. The molecule has 0 aliphatic carbocycles. The van der Waals surface area contributed by atoms with E-state index in [9.17, 15) is 19.8 Å². The second kappa shape index (κ2) is 10.7. The number of rotatable bonds is 8. The van der Waals surface area contributed by atoms with Gasteiger partial charge < -0.3 is 24.7 Å². The summed E-state index contributed by atoms with van der Waals surface area (Å²) in [6, 6.07) is 20.2. The van der Waals surface area contributed by atoms with Gasteiger partial charge in [0.05, 0.1) is 33.2 Å². The molecule has 4 rings (SSSR count). The molecule has 1 saturated heterocycles. The molecule has 3 aromatic rings. The molecule has 3 aromatic carbocycles. The van der Waals surface area contributed by atoms with Crippen LogP contribution in [0.4, 0.5) is 0 Å². The predicted octanol–water partition coefficient (Wildman–Crippen LogP) is 1.65. The number of likely N-dealkylation sites (N-methyl/N-ethyl adjacent to an activating group) is 1. The van der Waals surface area contributed by atoms with Crippen molar-refractivity contribution in [2.45, 2.75) is 19.6 Å². The van der Waals surface area contributed by atoms with Crippen LogP contribution in [0.3, 0.4) is 0 Å². The summed E-state index contributed by atoms with van der Waals surface area (Å²) in [6.45, 7) is 3.17. The standard InChI is InChI=1S/C29H30N2O5/c1-19-17-22(11-14-24(19)36-18-20-7-5-4-6-8-20)27(33)25-26(21-9-12-23(32)13-10-21)31(16-15-30(2)3)29(35)28(25)34/h4-14,17,26,32-33H,15-16,18H2,1-3H3/b27-25+. The molecule has 36 heavy (non-hydrogen) atoms. The molecule has 1 fully saturated rings. The number of quaternary nitrogens is 1. The molecule has 1 amide bonds. The van der Waals surface area contributed by atoms with E-state index in [1.54, 1.807) is 30.3 Å². The zero-order valence-electron chi connectivity index (χ0n) is 20.7. The van der Waals surface area contributed by atoms with Gasteiger partial charge in [-0.25, -0.2) is 0 Å². The molecular formula is C29H30N2O5. The van der Waals surface area contributed by atoms with E-state index in [4.69, 9.17) is 4.74 Å². The van der Waals surface area contributed by atoms with Gasteiger partial charge in [-0.05, 0) is 53.4 Å². The molecule has 7 nitrogen and oxygen atoms in total. The minimum absolute atomic E-state index is 0.0632. The molecule has 0 bridgehead atoms. The van der Waals surface area contributed by atoms with Crippen LogP contribution in [0, 0.1) is 6.92 Å². The summed E-state index contributed by atoms with van der Waals surface area (Å²) in [5, 5.41) is 23.4. The Kier molecular flexibility index (Phi) is 7.41. The molecule has 0 spiro atoms. The first-order chi connectivity index (χ1) is 17.3. The molecule has 0 saturated carbocycles. The lowest BCUT2D eigenvalue weighted by atomic mass is 9.94. The highest BCUT2D eigenvalue weighted by Crippen LogP contribution is 2.39. The normalized spacial score (nSPS) is 17.1. The number of ketones is 1. The fourth-order valence-electron chi connectivity index (χ4n) is 4.29. The minimum Gasteiger partial charge on any atom is -0.872 e. The number of amides is 1. The van der Waals surface area contributed by atoms with Crippen molar-refractivity contribution in [3.63, 3.8) is 0 Å². The number of benzene rings is 3. The number of nitrogens with one attached hydrogen (secondary N) is 1. The van der Waals surface area contributed by atoms with E-state index < -0.39 is 23.5 Å². The molecule has 186 valence electrons. The third-order valence-corrected chi connectivity index (χ3v) is 6.27. The summed E-state index contributed by atoms with van der Waals surface area (Å²) >= 11 is 0. The summed E-state index contributed by atoms with van der Waals surface area (Å²) < 4.78 is 5.92. The Morgan fingerprint density at radius 1 is 1.03 bits per heavy atom. The number of Topliss-reactive ketones (excluding diaryl/α,β-unsaturated/α-hetero) is 1. The lowest BCUT2D eigenvalue weighted by Gasteiger charge is -2.28. The van der Waals surface area contributed by atoms with E-state index in [1.165, 1.54) is 17.0 Å². The van der Waals surface area contributed by atoms with Gasteiger partial charge in [-0.1, -0.05) is 54.3 Å². The van der Waals surface area contributed by atoms with Gasteiger partial charge in [0.15, 0.2) is 0 Å². The quantitative estimate of drug-likeness (QED) is 0.287. The van der Waals surface area contributed by atoms with Crippen molar-refractivity contribution in [1.29, 1.82) is 0 Å². The number of carbonyl (C=O) groups is 2. The fourth-order valence-corrected chi connectivity index (χ4v) is 4.29. The Morgan fingerprint density at radius 2 is 1.72 bits per heavy atom. The average Bonchev–Trinajstić information content (AvgIpc) is 3.12. The molecular weight excluding hydrogens is 456 g/mol. The van der Waals surface area contributed by atoms with Crippen molar-refractivity contribution >= 4 is 17.4 Å². The van der Waals surface area contributed by atoms with E-state index in [-0.39, 0.29) is 11.3 Å². The average molecular weight is 487 g/mol. The molecule has 0 aromatic heterocycles. The molecule has 7 heteroatoms. The molecule has 2 N–H and O–H groups in total. The Balaban J connectivity index is 1.69. The van der Waals surface area contributed by atoms with Crippen LogP contribution in [-0.2, 0) is 16.2 Å². The minimum atomic E-state index is -0.813. The number of phenolic OH excluding ortho intramolecular Hbond substituents is 1. The van der Waals surface area contributed by atoms with Crippen LogP contribution in [0.25, 0.3) is 5.76 Å². The van der Waals surface area contributed by atoms with Crippen molar-refractivity contribution < 1.29 is 29.4 Å². The number of nitrogens with zero attached hydrogens (tertiary/aromatic N) is 1. The Hall–Kier alpha value is -4.10. The van der Waals surface area contributed by atoms with Crippen LogP contribution in [-0.4, -0.2) is 48.9 Å². The zero-order chi connectivity index (χ0) is 25.8. The third-order valence-electron chi connectivity index (χ3n) is 6.27. The summed E-state index contributed by atoms with van der Waals surface area (Å²) in [6.07, 6.45) is 0. The Bertz CT molecular complexity index is 1280. The van der Waals surface area contributed by atoms with Crippen LogP contribution in [0.1, 0.15) is 28.3 Å². The number of aromatic hydroxyl groups is 1. The highest BCUT2D eigenvalue weighted by Gasteiger charge is 2.44. The number of likely N-dealkylation sites (tertiary alicyclic amines) is 1. The first kappa shape index (κ1) is 25.0. The second-order valence-electron chi connectivity index (χ2n) is 9.28. The zero-order valence-corrected chi connectivity index (χ0v) is 20.7. The summed E-state index contributed by atoms with van der Waals surface area (Å²) in [7, 11) is 3.91. The lowest BCUT2D eigenvalue weighted by Crippen LogP contribution is -3.06. The van der Waals surface area contributed by atoms with Crippen molar-refractivity contribution in [3.05, 3.63) is 101 Å². The van der Waals surface area contributed by atoms with Crippen LogP contribution < -0.4 is 14.7 Å². The smallest absolute Gasteiger partial charge is 0.295 e. The van der Waals surface area contributed by atoms with Crippen LogP contribution >= 0.6 is 0 Å². The van der Waals surface area contributed by atoms with E-state index in [0.717, 1.165) is 16.0 Å². The molecule has 1 heterocycles. The maximum absolute atomic E-state index is 13.6. The van der Waals surface area contributed by atoms with Crippen LogP contribution in [0.2, 0.25) is 0 Å². The van der Waals surface area contributed by atoms with E-state index in [2.05, 4.69) is 0 Å². The van der Waals surface area contributed by atoms with Gasteiger partial charge in [0.2, 0.25) is 5.78 Å². The Labute approximate surface area is 210 Å². The number of hydrogen-bond acceptors (Lipinski definition) is 5. The van der Waals surface area contributed by atoms with E-state index >= 15 is 0 Å². The van der Waals surface area contributed by atoms with E-state index in [1.807, 2.05) is 51.4 Å². The molecule has 0 radical (unpaired) electrons. The number of hydrogen-bond donors (Lipinski definition) is 2. The number of phenols is 1. The van der Waals surface area contributed by atoms with Crippen molar-refractivity contribution in [1.82, 2.24) is 4.90 Å². The summed E-state index contributed by atoms with van der Waals surface area (Å²) in [5.74, 6) is -1.25. The topological polar surface area (TPSA) is 94.3 Å². The monoisotopic (exact) mass is 486 g/mol. The maximum Gasteiger partial charge on any atom is 0.295 e. The fraction of sp³-hybridized carbons (Fsp3) is 0.241. The SMILES string of the molecule is Cc1cc(/C([O-])=C2\C(=O)C(=O)N(CC[NH+](C)C)C2c2ccc(O)cc2)ccc1OCc1ccccc1. The lowest BCUT2D eigenvalue weighted by molar-refractivity contribution is -0.857. The Morgan fingerprint density at radius 3 is 2.36 bits per heavy atom. The molecule has 1 unspecified atom stereocenters. The summed E-state index contributed by atoms with van der Waals surface area (Å²) in [4.78, 5) is 28.7. The maximum atomic E-state index is 13.6. The third kappa shape index (κ3) is 5.26. The predicted molar refractivity (Wildman–Crippen MR) is 134 cm³/mol. The molecule has 1 aliphatic heterocycles. The molecule has 1 atom stereocenters. The van der Waals surface area contributed by atoms with E-state index in [0.29, 0.717) is 36.6 Å². The van der Waals surface area contributed by atoms with Crippen LogP contribution in [0.5, 0.6) is 11.5 Å². The van der Waals surface area contributed by atoms with Gasteiger partial charge in [-0.15, -0.1) is 0 Å². The largest absolute Gasteiger partial charge is 0.872 e. The van der Waals surface area contributed by atoms with Gasteiger partial charge >= 0.3 is 0 Å². The molecule has 1 aliphatic rings. The summed E-state index contributed by atoms with van der Waals surface area (Å²) in [5.41, 5.74) is 2.63. The highest BCUT2D eigenvalue weighted by molar-refractivity contribution is 6.46. The highest BCUT2D eigenvalue weighted by atomic mass is 16.5. The van der Waals surface area contributed by atoms with Gasteiger partial charge in [0, 0.05) is 5.57 Å².